The first kappa shape index (κ1) is 14.7. The summed E-state index contributed by atoms with van der Waals surface area (Å²) in [6, 6.07) is 11.4. The molecule has 1 N–H and O–H groups in total. The number of hydrogen-bond donors (Lipinski definition) is 1. The summed E-state index contributed by atoms with van der Waals surface area (Å²) in [7, 11) is 1.63. The number of furan rings is 1. The number of ether oxygens (including phenoxy) is 1. The topological polar surface area (TPSA) is 68.1 Å². The Morgan fingerprint density at radius 3 is 2.79 bits per heavy atom. The Kier molecular flexibility index (Phi) is 3.66. The van der Waals surface area contributed by atoms with Crippen molar-refractivity contribution in [3.05, 3.63) is 69.8 Å². The van der Waals surface area contributed by atoms with Crippen LogP contribution in [0.1, 0.15) is 11.4 Å². The van der Waals surface area contributed by atoms with E-state index in [1.807, 2.05) is 35.7 Å². The quantitative estimate of drug-likeness (QED) is 0.614. The second-order valence-electron chi connectivity index (χ2n) is 5.34. The number of methoxy groups -OCH3 is 1. The molecule has 0 amide bonds. The minimum absolute atomic E-state index is 0.142. The van der Waals surface area contributed by atoms with E-state index >= 15 is 0 Å². The van der Waals surface area contributed by atoms with E-state index < -0.39 is 0 Å². The SMILES string of the molecule is COc1ccc(Cc2nc3scc(-c4ccco4)c3c(=O)[nH]2)cc1. The first-order valence-electron chi connectivity index (χ1n) is 7.42. The van der Waals surface area contributed by atoms with E-state index in [1.165, 1.54) is 11.3 Å². The van der Waals surface area contributed by atoms with E-state index in [0.29, 0.717) is 28.2 Å². The molecule has 4 rings (SSSR count). The van der Waals surface area contributed by atoms with Crippen molar-refractivity contribution in [1.82, 2.24) is 9.97 Å². The lowest BCUT2D eigenvalue weighted by molar-refractivity contribution is 0.414. The van der Waals surface area contributed by atoms with Crippen LogP contribution in [0, 0.1) is 0 Å². The fourth-order valence-electron chi connectivity index (χ4n) is 2.63. The summed E-state index contributed by atoms with van der Waals surface area (Å²) < 4.78 is 10.6. The van der Waals surface area contributed by atoms with Gasteiger partial charge in [-0.3, -0.25) is 4.79 Å². The highest BCUT2D eigenvalue weighted by atomic mass is 32.1. The Morgan fingerprint density at radius 1 is 1.25 bits per heavy atom. The van der Waals surface area contributed by atoms with Crippen molar-refractivity contribution in [1.29, 1.82) is 0 Å². The number of nitrogens with zero attached hydrogens (tertiary/aromatic N) is 1. The van der Waals surface area contributed by atoms with Crippen LogP contribution in [0.15, 0.2) is 57.3 Å². The highest BCUT2D eigenvalue weighted by molar-refractivity contribution is 7.17. The Balaban J connectivity index is 1.72. The van der Waals surface area contributed by atoms with Crippen LogP contribution in [0.3, 0.4) is 0 Å². The van der Waals surface area contributed by atoms with Crippen molar-refractivity contribution in [2.45, 2.75) is 6.42 Å². The Morgan fingerprint density at radius 2 is 2.08 bits per heavy atom. The number of aromatic nitrogens is 2. The van der Waals surface area contributed by atoms with Gasteiger partial charge < -0.3 is 14.1 Å². The van der Waals surface area contributed by atoms with Crippen LogP contribution in [0.4, 0.5) is 0 Å². The van der Waals surface area contributed by atoms with Gasteiger partial charge in [-0.25, -0.2) is 4.98 Å². The van der Waals surface area contributed by atoms with E-state index in [9.17, 15) is 4.79 Å². The molecule has 0 aliphatic carbocycles. The first-order valence-corrected chi connectivity index (χ1v) is 8.30. The molecule has 3 heterocycles. The van der Waals surface area contributed by atoms with Crippen LogP contribution in [0.5, 0.6) is 5.75 Å². The van der Waals surface area contributed by atoms with Gasteiger partial charge in [-0.15, -0.1) is 11.3 Å². The zero-order valence-corrected chi connectivity index (χ0v) is 13.7. The van der Waals surface area contributed by atoms with Crippen molar-refractivity contribution in [2.24, 2.45) is 0 Å². The fraction of sp³-hybridized carbons (Fsp3) is 0.111. The molecule has 24 heavy (non-hydrogen) atoms. The lowest BCUT2D eigenvalue weighted by Gasteiger charge is -2.04. The summed E-state index contributed by atoms with van der Waals surface area (Å²) in [5.41, 5.74) is 1.70. The van der Waals surface area contributed by atoms with Crippen molar-refractivity contribution in [3.63, 3.8) is 0 Å². The van der Waals surface area contributed by atoms with E-state index in [1.54, 1.807) is 19.4 Å². The van der Waals surface area contributed by atoms with Crippen molar-refractivity contribution >= 4 is 21.6 Å². The smallest absolute Gasteiger partial charge is 0.260 e. The highest BCUT2D eigenvalue weighted by Gasteiger charge is 2.14. The van der Waals surface area contributed by atoms with Gasteiger partial charge >= 0.3 is 0 Å². The van der Waals surface area contributed by atoms with Crippen molar-refractivity contribution < 1.29 is 9.15 Å². The normalized spacial score (nSPS) is 11.0. The minimum atomic E-state index is -0.142. The number of benzene rings is 1. The molecule has 0 unspecified atom stereocenters. The molecular weight excluding hydrogens is 324 g/mol. The summed E-state index contributed by atoms with van der Waals surface area (Å²) in [6.45, 7) is 0. The van der Waals surface area contributed by atoms with Gasteiger partial charge in [0.1, 0.15) is 22.2 Å². The van der Waals surface area contributed by atoms with Crippen molar-refractivity contribution in [2.75, 3.05) is 7.11 Å². The largest absolute Gasteiger partial charge is 0.497 e. The van der Waals surface area contributed by atoms with Gasteiger partial charge in [0, 0.05) is 17.4 Å². The van der Waals surface area contributed by atoms with Gasteiger partial charge in [0.2, 0.25) is 0 Å². The number of rotatable bonds is 4. The van der Waals surface area contributed by atoms with Crippen LogP contribution >= 0.6 is 11.3 Å². The number of fused-ring (bicyclic) bond motifs is 1. The van der Waals surface area contributed by atoms with Gasteiger partial charge in [-0.1, -0.05) is 12.1 Å². The monoisotopic (exact) mass is 338 g/mol. The summed E-state index contributed by atoms with van der Waals surface area (Å²) in [5, 5.41) is 2.48. The number of aromatic amines is 1. The lowest BCUT2D eigenvalue weighted by atomic mass is 10.1. The summed E-state index contributed by atoms with van der Waals surface area (Å²) in [4.78, 5) is 20.7. The van der Waals surface area contributed by atoms with E-state index in [4.69, 9.17) is 9.15 Å². The highest BCUT2D eigenvalue weighted by Crippen LogP contribution is 2.31. The van der Waals surface area contributed by atoms with Gasteiger partial charge in [-0.2, -0.15) is 0 Å². The molecule has 0 bridgehead atoms. The number of H-pyrrole nitrogens is 1. The molecule has 1 aromatic carbocycles. The number of thiophene rings is 1. The van der Waals surface area contributed by atoms with E-state index in [0.717, 1.165) is 16.9 Å². The van der Waals surface area contributed by atoms with Crippen LogP contribution in [-0.2, 0) is 6.42 Å². The molecule has 0 saturated carbocycles. The summed E-state index contributed by atoms with van der Waals surface area (Å²) in [5.74, 6) is 2.12. The van der Waals surface area contributed by atoms with E-state index in [-0.39, 0.29) is 5.56 Å². The molecule has 4 aromatic rings. The number of hydrogen-bond acceptors (Lipinski definition) is 5. The third-order valence-electron chi connectivity index (χ3n) is 3.81. The van der Waals surface area contributed by atoms with Crippen LogP contribution in [0.2, 0.25) is 0 Å². The first-order chi connectivity index (χ1) is 11.7. The van der Waals surface area contributed by atoms with Gasteiger partial charge in [-0.05, 0) is 29.8 Å². The predicted octanol–water partition coefficient (Wildman–Crippen LogP) is 3.84. The molecule has 0 fully saturated rings. The maximum atomic E-state index is 12.5. The molecule has 3 aromatic heterocycles. The second-order valence-corrected chi connectivity index (χ2v) is 6.20. The van der Waals surface area contributed by atoms with Crippen LogP contribution in [0.25, 0.3) is 21.5 Å². The third kappa shape index (κ3) is 2.61. The molecule has 0 spiro atoms. The van der Waals surface area contributed by atoms with Gasteiger partial charge in [0.05, 0.1) is 18.8 Å². The molecule has 0 aliphatic rings. The Hall–Kier alpha value is -2.86. The molecule has 0 saturated heterocycles. The molecule has 120 valence electrons. The molecule has 6 heteroatoms. The summed E-state index contributed by atoms with van der Waals surface area (Å²) in [6.07, 6.45) is 2.15. The van der Waals surface area contributed by atoms with Crippen LogP contribution < -0.4 is 10.3 Å². The van der Waals surface area contributed by atoms with E-state index in [2.05, 4.69) is 9.97 Å². The number of nitrogens with one attached hydrogen (secondary N) is 1. The second kappa shape index (κ2) is 5.98. The maximum absolute atomic E-state index is 12.5. The predicted molar refractivity (Wildman–Crippen MR) is 93.7 cm³/mol. The summed E-state index contributed by atoms with van der Waals surface area (Å²) >= 11 is 1.45. The fourth-order valence-corrected chi connectivity index (χ4v) is 3.57. The standard InChI is InChI=1S/C18H14N2O3S/c1-22-12-6-4-11(5-7-12)9-15-19-17(21)16-13(10-24-18(16)20-15)14-3-2-8-23-14/h2-8,10H,9H2,1H3,(H,19,20,21). The van der Waals surface area contributed by atoms with Gasteiger partial charge in [0.15, 0.2) is 0 Å². The lowest BCUT2D eigenvalue weighted by Crippen LogP contribution is -2.11. The average Bonchev–Trinajstić information content (AvgIpc) is 3.24. The average molecular weight is 338 g/mol. The third-order valence-corrected chi connectivity index (χ3v) is 4.68. The molecular formula is C18H14N2O3S. The molecule has 5 nitrogen and oxygen atoms in total. The molecule has 0 aliphatic heterocycles. The Labute approximate surface area is 141 Å². The Bertz CT molecular complexity index is 1030. The molecule has 0 atom stereocenters. The zero-order chi connectivity index (χ0) is 16.5. The van der Waals surface area contributed by atoms with Gasteiger partial charge in [0.25, 0.3) is 5.56 Å². The molecule has 0 radical (unpaired) electrons. The minimum Gasteiger partial charge on any atom is -0.497 e. The maximum Gasteiger partial charge on any atom is 0.260 e. The zero-order valence-electron chi connectivity index (χ0n) is 12.9. The van der Waals surface area contributed by atoms with Crippen LogP contribution in [-0.4, -0.2) is 17.1 Å². The van der Waals surface area contributed by atoms with Crippen molar-refractivity contribution in [3.8, 4) is 17.1 Å².